The highest BCUT2D eigenvalue weighted by Crippen LogP contribution is 2.24. The van der Waals surface area contributed by atoms with Gasteiger partial charge in [-0.3, -0.25) is 0 Å². The zero-order valence-electron chi connectivity index (χ0n) is 11.5. The Labute approximate surface area is 98.9 Å². The number of hydrogen-bond donors (Lipinski definition) is 0. The summed E-state index contributed by atoms with van der Waals surface area (Å²) in [5, 5.41) is 0. The largest absolute Gasteiger partial charge is 0.302 e. The van der Waals surface area contributed by atoms with E-state index in [1.807, 2.05) is 14.1 Å². The van der Waals surface area contributed by atoms with Crippen molar-refractivity contribution in [2.45, 2.75) is 46.6 Å². The summed E-state index contributed by atoms with van der Waals surface area (Å²) in [6, 6.07) is 0. The number of aromatic nitrogens is 2. The second-order valence-electron chi connectivity index (χ2n) is 5.69. The van der Waals surface area contributed by atoms with E-state index >= 15 is 0 Å². The minimum atomic E-state index is 0.0822. The van der Waals surface area contributed by atoms with Gasteiger partial charge in [0.2, 0.25) is 0 Å². The molecular weight excluding hydrogens is 198 g/mol. The quantitative estimate of drug-likeness (QED) is 0.768. The van der Waals surface area contributed by atoms with Crippen LogP contribution in [0.2, 0.25) is 0 Å². The molecule has 0 aliphatic carbocycles. The molecule has 0 N–H and O–H groups in total. The molecule has 3 heteroatoms. The molecule has 0 aliphatic heterocycles. The van der Waals surface area contributed by atoms with Gasteiger partial charge in [0.15, 0.2) is 0 Å². The third-order valence-corrected chi connectivity index (χ3v) is 2.60. The maximum Gasteiger partial charge on any atom is 0.142 e. The van der Waals surface area contributed by atoms with Gasteiger partial charge >= 0.3 is 0 Å². The fourth-order valence-electron chi connectivity index (χ4n) is 1.77. The molecule has 0 amide bonds. The Balaban J connectivity index is 3.23. The van der Waals surface area contributed by atoms with Crippen molar-refractivity contribution in [1.29, 1.82) is 0 Å². The fourth-order valence-corrected chi connectivity index (χ4v) is 1.77. The monoisotopic (exact) mass is 221 g/mol. The summed E-state index contributed by atoms with van der Waals surface area (Å²) in [6.07, 6.45) is 0. The molecule has 0 saturated carbocycles. The highest BCUT2D eigenvalue weighted by atomic mass is 15.1. The summed E-state index contributed by atoms with van der Waals surface area (Å²) in [6.45, 7) is 11.6. The lowest BCUT2D eigenvalue weighted by molar-refractivity contribution is 0.387. The van der Waals surface area contributed by atoms with Crippen LogP contribution in [0.3, 0.4) is 0 Å². The first-order valence-electron chi connectivity index (χ1n) is 5.71. The highest BCUT2D eigenvalue weighted by Gasteiger charge is 2.20. The van der Waals surface area contributed by atoms with Crippen molar-refractivity contribution < 1.29 is 0 Å². The maximum absolute atomic E-state index is 4.69. The minimum absolute atomic E-state index is 0.0822. The fraction of sp³-hybridized carbons (Fsp3) is 0.692. The van der Waals surface area contributed by atoms with E-state index in [0.29, 0.717) is 0 Å². The molecule has 0 atom stereocenters. The van der Waals surface area contributed by atoms with Crippen LogP contribution in [-0.2, 0) is 12.0 Å². The first-order valence-corrected chi connectivity index (χ1v) is 5.71. The van der Waals surface area contributed by atoms with E-state index in [4.69, 9.17) is 4.98 Å². The summed E-state index contributed by atoms with van der Waals surface area (Å²) in [7, 11) is 4.07. The van der Waals surface area contributed by atoms with Crippen LogP contribution in [0.25, 0.3) is 0 Å². The van der Waals surface area contributed by atoms with Gasteiger partial charge in [-0.2, -0.15) is 0 Å². The molecule has 0 bridgehead atoms. The summed E-state index contributed by atoms with van der Waals surface area (Å²) < 4.78 is 0. The van der Waals surface area contributed by atoms with Gasteiger partial charge in [-0.15, -0.1) is 0 Å². The Morgan fingerprint density at radius 3 is 2.06 bits per heavy atom. The second kappa shape index (κ2) is 4.50. The summed E-state index contributed by atoms with van der Waals surface area (Å²) in [5.74, 6) is 0.915. The van der Waals surface area contributed by atoms with Gasteiger partial charge in [0.25, 0.3) is 0 Å². The standard InChI is InChI=1S/C13H23N3/c1-9-10(2)14-11(8-16(6)7)15-12(9)13(3,4)5/h8H2,1-7H3. The van der Waals surface area contributed by atoms with Crippen molar-refractivity contribution in [3.8, 4) is 0 Å². The molecule has 0 aliphatic rings. The number of hydrogen-bond acceptors (Lipinski definition) is 3. The zero-order valence-corrected chi connectivity index (χ0v) is 11.5. The molecule has 16 heavy (non-hydrogen) atoms. The summed E-state index contributed by atoms with van der Waals surface area (Å²) in [5.41, 5.74) is 3.56. The maximum atomic E-state index is 4.69. The predicted octanol–water partition coefficient (Wildman–Crippen LogP) is 2.45. The number of aryl methyl sites for hydroxylation is 1. The molecule has 0 radical (unpaired) electrons. The molecule has 0 saturated heterocycles. The lowest BCUT2D eigenvalue weighted by atomic mass is 9.88. The van der Waals surface area contributed by atoms with Crippen LogP contribution in [0.5, 0.6) is 0 Å². The van der Waals surface area contributed by atoms with E-state index in [9.17, 15) is 0 Å². The highest BCUT2D eigenvalue weighted by molar-refractivity contribution is 5.28. The van der Waals surface area contributed by atoms with Crippen LogP contribution in [-0.4, -0.2) is 29.0 Å². The lowest BCUT2D eigenvalue weighted by Gasteiger charge is -2.22. The van der Waals surface area contributed by atoms with Gasteiger partial charge in [0.05, 0.1) is 12.2 Å². The van der Waals surface area contributed by atoms with Crippen LogP contribution < -0.4 is 0 Å². The normalized spacial score (nSPS) is 12.2. The van der Waals surface area contributed by atoms with Crippen LogP contribution in [0, 0.1) is 13.8 Å². The molecule has 0 unspecified atom stereocenters. The molecule has 0 aromatic carbocycles. The van der Waals surface area contributed by atoms with Crippen molar-refractivity contribution in [2.24, 2.45) is 0 Å². The molecule has 0 spiro atoms. The lowest BCUT2D eigenvalue weighted by Crippen LogP contribution is -2.21. The van der Waals surface area contributed by atoms with Crippen LogP contribution >= 0.6 is 0 Å². The minimum Gasteiger partial charge on any atom is -0.302 e. The molecule has 1 aromatic heterocycles. The Bertz CT molecular complexity index is 375. The van der Waals surface area contributed by atoms with Crippen molar-refractivity contribution in [3.05, 3.63) is 22.8 Å². The smallest absolute Gasteiger partial charge is 0.142 e. The second-order valence-corrected chi connectivity index (χ2v) is 5.69. The third kappa shape index (κ3) is 3.01. The van der Waals surface area contributed by atoms with E-state index < -0.39 is 0 Å². The van der Waals surface area contributed by atoms with Gasteiger partial charge in [-0.05, 0) is 33.5 Å². The average molecular weight is 221 g/mol. The van der Waals surface area contributed by atoms with Crippen LogP contribution in [0.4, 0.5) is 0 Å². The van der Waals surface area contributed by atoms with E-state index in [2.05, 4.69) is 44.5 Å². The van der Waals surface area contributed by atoms with E-state index in [1.54, 1.807) is 0 Å². The van der Waals surface area contributed by atoms with Crippen molar-refractivity contribution >= 4 is 0 Å². The zero-order chi connectivity index (χ0) is 12.5. The van der Waals surface area contributed by atoms with Crippen LogP contribution in [0.15, 0.2) is 0 Å². The Morgan fingerprint density at radius 1 is 1.06 bits per heavy atom. The predicted molar refractivity (Wildman–Crippen MR) is 67.6 cm³/mol. The Kier molecular flexibility index (Phi) is 3.68. The molecule has 0 fully saturated rings. The number of rotatable bonds is 2. The average Bonchev–Trinajstić information content (AvgIpc) is 2.08. The first-order chi connectivity index (χ1) is 7.21. The molecular formula is C13H23N3. The molecule has 1 rings (SSSR count). The number of nitrogens with zero attached hydrogens (tertiary/aromatic N) is 3. The SMILES string of the molecule is Cc1nc(CN(C)C)nc(C(C)(C)C)c1C. The topological polar surface area (TPSA) is 29.0 Å². The summed E-state index contributed by atoms with van der Waals surface area (Å²) in [4.78, 5) is 11.3. The van der Waals surface area contributed by atoms with Crippen molar-refractivity contribution in [1.82, 2.24) is 14.9 Å². The molecule has 90 valence electrons. The van der Waals surface area contributed by atoms with Gasteiger partial charge in [0, 0.05) is 11.1 Å². The van der Waals surface area contributed by atoms with Gasteiger partial charge in [-0.25, -0.2) is 9.97 Å². The van der Waals surface area contributed by atoms with Crippen molar-refractivity contribution in [2.75, 3.05) is 14.1 Å². The van der Waals surface area contributed by atoms with E-state index in [1.165, 1.54) is 5.56 Å². The molecule has 3 nitrogen and oxygen atoms in total. The van der Waals surface area contributed by atoms with Gasteiger partial charge in [0.1, 0.15) is 5.82 Å². The van der Waals surface area contributed by atoms with Gasteiger partial charge < -0.3 is 4.90 Å². The molecule has 1 heterocycles. The summed E-state index contributed by atoms with van der Waals surface area (Å²) >= 11 is 0. The van der Waals surface area contributed by atoms with Crippen molar-refractivity contribution in [3.63, 3.8) is 0 Å². The Hall–Kier alpha value is -0.960. The Morgan fingerprint density at radius 2 is 1.62 bits per heavy atom. The third-order valence-electron chi connectivity index (χ3n) is 2.60. The van der Waals surface area contributed by atoms with Crippen LogP contribution in [0.1, 0.15) is 43.5 Å². The van der Waals surface area contributed by atoms with Gasteiger partial charge in [-0.1, -0.05) is 20.8 Å². The first kappa shape index (κ1) is 13.1. The molecule has 1 aromatic rings. The van der Waals surface area contributed by atoms with E-state index in [-0.39, 0.29) is 5.41 Å². The van der Waals surface area contributed by atoms with E-state index in [0.717, 1.165) is 23.8 Å².